The Kier molecular flexibility index (Phi) is 6.34. The van der Waals surface area contributed by atoms with Crippen molar-refractivity contribution in [3.63, 3.8) is 0 Å². The predicted molar refractivity (Wildman–Crippen MR) is 106 cm³/mol. The molecule has 2 rings (SSSR count). The first kappa shape index (κ1) is 20.2. The van der Waals surface area contributed by atoms with E-state index in [0.717, 1.165) is 11.1 Å². The Hall–Kier alpha value is -3.15. The van der Waals surface area contributed by atoms with Crippen molar-refractivity contribution in [3.8, 4) is 0 Å². The molecule has 0 fully saturated rings. The molecule has 6 heteroatoms. The van der Waals surface area contributed by atoms with Crippen LogP contribution >= 0.6 is 0 Å². The SMILES string of the molecule is CC(=O)Nc1cccc(NC(=O)C(C)(C)C(=O)NCc2ccc(C)cc2)c1. The van der Waals surface area contributed by atoms with Crippen molar-refractivity contribution in [1.82, 2.24) is 5.32 Å². The minimum absolute atomic E-state index is 0.200. The van der Waals surface area contributed by atoms with Gasteiger partial charge in [-0.3, -0.25) is 14.4 Å². The zero-order chi connectivity index (χ0) is 20.0. The lowest BCUT2D eigenvalue weighted by Crippen LogP contribution is -2.44. The second-order valence-corrected chi connectivity index (χ2v) is 7.01. The molecule has 0 atom stereocenters. The normalized spacial score (nSPS) is 10.8. The molecule has 0 aliphatic carbocycles. The van der Waals surface area contributed by atoms with Gasteiger partial charge < -0.3 is 16.0 Å². The second kappa shape index (κ2) is 8.49. The summed E-state index contributed by atoms with van der Waals surface area (Å²) >= 11 is 0. The van der Waals surface area contributed by atoms with Gasteiger partial charge >= 0.3 is 0 Å². The van der Waals surface area contributed by atoms with Gasteiger partial charge in [0.15, 0.2) is 0 Å². The summed E-state index contributed by atoms with van der Waals surface area (Å²) in [5, 5.41) is 8.19. The molecule has 0 aliphatic heterocycles. The van der Waals surface area contributed by atoms with E-state index < -0.39 is 11.3 Å². The average Bonchev–Trinajstić information content (AvgIpc) is 2.60. The summed E-state index contributed by atoms with van der Waals surface area (Å²) in [4.78, 5) is 36.3. The van der Waals surface area contributed by atoms with E-state index in [1.807, 2.05) is 31.2 Å². The summed E-state index contributed by atoms with van der Waals surface area (Å²) in [7, 11) is 0. The Morgan fingerprint density at radius 1 is 0.889 bits per heavy atom. The van der Waals surface area contributed by atoms with Crippen LogP contribution in [0.3, 0.4) is 0 Å². The molecule has 0 saturated carbocycles. The number of amides is 3. The van der Waals surface area contributed by atoms with Crippen molar-refractivity contribution in [2.45, 2.75) is 34.2 Å². The molecule has 0 aliphatic rings. The lowest BCUT2D eigenvalue weighted by Gasteiger charge is -2.23. The van der Waals surface area contributed by atoms with Crippen molar-refractivity contribution in [1.29, 1.82) is 0 Å². The Bertz CT molecular complexity index is 842. The molecule has 0 bridgehead atoms. The maximum absolute atomic E-state index is 12.6. The molecule has 6 nitrogen and oxygen atoms in total. The molecule has 142 valence electrons. The van der Waals surface area contributed by atoms with Crippen LogP contribution in [0.15, 0.2) is 48.5 Å². The van der Waals surface area contributed by atoms with Gasteiger partial charge in [0.05, 0.1) is 0 Å². The Morgan fingerprint density at radius 3 is 2.07 bits per heavy atom. The first-order valence-corrected chi connectivity index (χ1v) is 8.71. The monoisotopic (exact) mass is 367 g/mol. The van der Waals surface area contributed by atoms with Crippen LogP contribution in [0.1, 0.15) is 31.9 Å². The van der Waals surface area contributed by atoms with Gasteiger partial charge in [-0.25, -0.2) is 0 Å². The summed E-state index contributed by atoms with van der Waals surface area (Å²) < 4.78 is 0. The molecule has 0 saturated heterocycles. The molecule has 0 spiro atoms. The molecule has 0 radical (unpaired) electrons. The van der Waals surface area contributed by atoms with Crippen LogP contribution in [0.25, 0.3) is 0 Å². The minimum Gasteiger partial charge on any atom is -0.351 e. The Morgan fingerprint density at radius 2 is 1.48 bits per heavy atom. The maximum atomic E-state index is 12.6. The zero-order valence-corrected chi connectivity index (χ0v) is 16.1. The van der Waals surface area contributed by atoms with Crippen LogP contribution < -0.4 is 16.0 Å². The Balaban J connectivity index is 1.99. The molecule has 2 aromatic rings. The topological polar surface area (TPSA) is 87.3 Å². The van der Waals surface area contributed by atoms with Gasteiger partial charge in [0, 0.05) is 24.8 Å². The third-order valence-corrected chi connectivity index (χ3v) is 4.15. The zero-order valence-electron chi connectivity index (χ0n) is 16.1. The number of hydrogen-bond donors (Lipinski definition) is 3. The average molecular weight is 367 g/mol. The first-order valence-electron chi connectivity index (χ1n) is 8.71. The molecule has 0 heterocycles. The van der Waals surface area contributed by atoms with E-state index in [2.05, 4.69) is 16.0 Å². The van der Waals surface area contributed by atoms with Crippen molar-refractivity contribution in [2.75, 3.05) is 10.6 Å². The maximum Gasteiger partial charge on any atom is 0.239 e. The van der Waals surface area contributed by atoms with Crippen molar-refractivity contribution >= 4 is 29.1 Å². The fourth-order valence-corrected chi connectivity index (χ4v) is 2.38. The Labute approximate surface area is 159 Å². The van der Waals surface area contributed by atoms with Gasteiger partial charge in [-0.15, -0.1) is 0 Å². The van der Waals surface area contributed by atoms with Crippen LogP contribution in [-0.2, 0) is 20.9 Å². The smallest absolute Gasteiger partial charge is 0.239 e. The highest BCUT2D eigenvalue weighted by Crippen LogP contribution is 2.21. The lowest BCUT2D eigenvalue weighted by atomic mass is 9.90. The van der Waals surface area contributed by atoms with Crippen molar-refractivity contribution < 1.29 is 14.4 Å². The van der Waals surface area contributed by atoms with E-state index in [0.29, 0.717) is 17.9 Å². The summed E-state index contributed by atoms with van der Waals surface area (Å²) in [6, 6.07) is 14.6. The van der Waals surface area contributed by atoms with E-state index in [-0.39, 0.29) is 11.8 Å². The molecule has 2 aromatic carbocycles. The summed E-state index contributed by atoms with van der Waals surface area (Å²) in [6.45, 7) is 6.91. The third kappa shape index (κ3) is 5.67. The number of aryl methyl sites for hydroxylation is 1. The quantitative estimate of drug-likeness (QED) is 0.685. The van der Waals surface area contributed by atoms with E-state index in [1.165, 1.54) is 6.92 Å². The lowest BCUT2D eigenvalue weighted by molar-refractivity contribution is -0.138. The summed E-state index contributed by atoms with van der Waals surface area (Å²) in [5.74, 6) is -0.989. The van der Waals surface area contributed by atoms with E-state index in [9.17, 15) is 14.4 Å². The summed E-state index contributed by atoms with van der Waals surface area (Å²) in [5.41, 5.74) is 1.93. The van der Waals surface area contributed by atoms with Crippen LogP contribution in [-0.4, -0.2) is 17.7 Å². The molecular formula is C21H25N3O3. The minimum atomic E-state index is -1.26. The van der Waals surface area contributed by atoms with Gasteiger partial charge in [-0.2, -0.15) is 0 Å². The molecule has 27 heavy (non-hydrogen) atoms. The second-order valence-electron chi connectivity index (χ2n) is 7.01. The van der Waals surface area contributed by atoms with Crippen molar-refractivity contribution in [3.05, 3.63) is 59.7 Å². The van der Waals surface area contributed by atoms with Gasteiger partial charge in [0.25, 0.3) is 0 Å². The van der Waals surface area contributed by atoms with Crippen LogP contribution in [0.4, 0.5) is 11.4 Å². The van der Waals surface area contributed by atoms with Crippen molar-refractivity contribution in [2.24, 2.45) is 5.41 Å². The van der Waals surface area contributed by atoms with Gasteiger partial charge in [-0.1, -0.05) is 35.9 Å². The van der Waals surface area contributed by atoms with E-state index in [1.54, 1.807) is 38.1 Å². The standard InChI is InChI=1S/C21H25N3O3/c1-14-8-10-16(11-9-14)13-22-19(26)21(3,4)20(27)24-18-7-5-6-17(12-18)23-15(2)25/h5-12H,13H2,1-4H3,(H,22,26)(H,23,25)(H,24,27). The molecule has 3 N–H and O–H groups in total. The van der Waals surface area contributed by atoms with Gasteiger partial charge in [-0.05, 0) is 44.5 Å². The third-order valence-electron chi connectivity index (χ3n) is 4.15. The van der Waals surface area contributed by atoms with E-state index in [4.69, 9.17) is 0 Å². The van der Waals surface area contributed by atoms with Crippen LogP contribution in [0, 0.1) is 12.3 Å². The molecule has 0 unspecified atom stereocenters. The highest BCUT2D eigenvalue weighted by molar-refractivity contribution is 6.10. The summed E-state index contributed by atoms with van der Waals surface area (Å²) in [6.07, 6.45) is 0. The molecular weight excluding hydrogens is 342 g/mol. The fourth-order valence-electron chi connectivity index (χ4n) is 2.38. The highest BCUT2D eigenvalue weighted by Gasteiger charge is 2.35. The fraction of sp³-hybridized carbons (Fsp3) is 0.286. The number of carbonyl (C=O) groups excluding carboxylic acids is 3. The largest absolute Gasteiger partial charge is 0.351 e. The number of rotatable bonds is 6. The number of benzene rings is 2. The highest BCUT2D eigenvalue weighted by atomic mass is 16.2. The van der Waals surface area contributed by atoms with Gasteiger partial charge in [0.2, 0.25) is 17.7 Å². The number of hydrogen-bond acceptors (Lipinski definition) is 3. The van der Waals surface area contributed by atoms with E-state index >= 15 is 0 Å². The number of nitrogens with one attached hydrogen (secondary N) is 3. The molecule has 3 amide bonds. The first-order chi connectivity index (χ1) is 12.7. The van der Waals surface area contributed by atoms with Gasteiger partial charge in [0.1, 0.15) is 5.41 Å². The molecule has 0 aromatic heterocycles. The van der Waals surface area contributed by atoms with Crippen LogP contribution in [0.2, 0.25) is 0 Å². The number of carbonyl (C=O) groups is 3. The van der Waals surface area contributed by atoms with Crippen LogP contribution in [0.5, 0.6) is 0 Å². The number of anilines is 2. The predicted octanol–water partition coefficient (Wildman–Crippen LogP) is 3.23.